The first-order chi connectivity index (χ1) is 7.71. The molecule has 0 aliphatic heterocycles. The molecule has 17 heavy (non-hydrogen) atoms. The SMILES string of the molecule is CC(C)N(C)Cc1ccc(N)cc1C(F)(F)F. The molecule has 0 atom stereocenters. The molecule has 0 aromatic heterocycles. The number of nitrogens with zero attached hydrogens (tertiary/aromatic N) is 1. The van der Waals surface area contributed by atoms with Crippen LogP contribution in [0.5, 0.6) is 0 Å². The highest BCUT2D eigenvalue weighted by molar-refractivity contribution is 5.46. The van der Waals surface area contributed by atoms with Crippen molar-refractivity contribution in [3.63, 3.8) is 0 Å². The van der Waals surface area contributed by atoms with Crippen molar-refractivity contribution >= 4 is 5.69 Å². The predicted molar refractivity (Wildman–Crippen MR) is 62.5 cm³/mol. The lowest BCUT2D eigenvalue weighted by molar-refractivity contribution is -0.138. The van der Waals surface area contributed by atoms with Crippen molar-refractivity contribution in [1.29, 1.82) is 0 Å². The summed E-state index contributed by atoms with van der Waals surface area (Å²) in [6.07, 6.45) is -4.36. The van der Waals surface area contributed by atoms with Crippen molar-refractivity contribution in [2.24, 2.45) is 0 Å². The first kappa shape index (κ1) is 13.8. The average molecular weight is 246 g/mol. The predicted octanol–water partition coefficient (Wildman–Crippen LogP) is 3.13. The van der Waals surface area contributed by atoms with Crippen LogP contribution in [0.4, 0.5) is 18.9 Å². The van der Waals surface area contributed by atoms with Crippen molar-refractivity contribution < 1.29 is 13.2 Å². The van der Waals surface area contributed by atoms with Crippen LogP contribution in [-0.2, 0) is 12.7 Å². The Balaban J connectivity index is 3.07. The molecule has 1 aromatic rings. The first-order valence-electron chi connectivity index (χ1n) is 5.37. The number of nitrogen functional groups attached to an aromatic ring is 1. The Bertz CT molecular complexity index is 386. The number of hydrogen-bond acceptors (Lipinski definition) is 2. The summed E-state index contributed by atoms with van der Waals surface area (Å²) in [5.74, 6) is 0. The number of anilines is 1. The highest BCUT2D eigenvalue weighted by Gasteiger charge is 2.33. The molecular formula is C12H17F3N2. The summed E-state index contributed by atoms with van der Waals surface area (Å²) in [5, 5.41) is 0. The van der Waals surface area contributed by atoms with Crippen molar-refractivity contribution in [1.82, 2.24) is 4.90 Å². The number of rotatable bonds is 3. The van der Waals surface area contributed by atoms with Gasteiger partial charge in [-0.1, -0.05) is 6.07 Å². The maximum atomic E-state index is 12.8. The molecule has 1 rings (SSSR count). The molecule has 0 radical (unpaired) electrons. The van der Waals surface area contributed by atoms with Crippen molar-refractivity contribution in [3.8, 4) is 0 Å². The lowest BCUT2D eigenvalue weighted by Crippen LogP contribution is -2.27. The highest BCUT2D eigenvalue weighted by atomic mass is 19.4. The van der Waals surface area contributed by atoms with Crippen LogP contribution in [0.3, 0.4) is 0 Å². The minimum absolute atomic E-state index is 0.133. The Morgan fingerprint density at radius 2 is 1.88 bits per heavy atom. The molecule has 0 saturated heterocycles. The second-order valence-electron chi connectivity index (χ2n) is 4.42. The van der Waals surface area contributed by atoms with Crippen LogP contribution in [-0.4, -0.2) is 18.0 Å². The van der Waals surface area contributed by atoms with Gasteiger partial charge in [0.25, 0.3) is 0 Å². The third kappa shape index (κ3) is 3.63. The summed E-state index contributed by atoms with van der Waals surface area (Å²) >= 11 is 0. The van der Waals surface area contributed by atoms with Gasteiger partial charge in [0.15, 0.2) is 0 Å². The van der Waals surface area contributed by atoms with Crippen LogP contribution < -0.4 is 5.73 Å². The number of alkyl halides is 3. The second kappa shape index (κ2) is 4.96. The molecular weight excluding hydrogens is 229 g/mol. The van der Waals surface area contributed by atoms with Gasteiger partial charge in [0, 0.05) is 18.3 Å². The summed E-state index contributed by atoms with van der Waals surface area (Å²) in [6, 6.07) is 4.12. The number of hydrogen-bond donors (Lipinski definition) is 1. The molecule has 2 N–H and O–H groups in total. The van der Waals surface area contributed by atoms with E-state index in [1.165, 1.54) is 12.1 Å². The molecule has 5 heteroatoms. The third-order valence-corrected chi connectivity index (χ3v) is 2.74. The Labute approximate surface area is 99.2 Å². The van der Waals surface area contributed by atoms with Crippen molar-refractivity contribution in [2.75, 3.05) is 12.8 Å². The van der Waals surface area contributed by atoms with Gasteiger partial charge in [-0.25, -0.2) is 0 Å². The molecule has 2 nitrogen and oxygen atoms in total. The van der Waals surface area contributed by atoms with E-state index in [0.29, 0.717) is 0 Å². The molecule has 0 amide bonds. The van der Waals surface area contributed by atoms with Gasteiger partial charge in [0.05, 0.1) is 5.56 Å². The lowest BCUT2D eigenvalue weighted by atomic mass is 10.1. The van der Waals surface area contributed by atoms with Gasteiger partial charge in [-0.3, -0.25) is 4.90 Å². The summed E-state index contributed by atoms with van der Waals surface area (Å²) < 4.78 is 38.4. The van der Waals surface area contributed by atoms with Gasteiger partial charge in [-0.05, 0) is 38.6 Å². The van der Waals surface area contributed by atoms with Crippen LogP contribution in [0.15, 0.2) is 18.2 Å². The minimum atomic E-state index is -4.36. The molecule has 0 unspecified atom stereocenters. The molecule has 0 aliphatic carbocycles. The van der Waals surface area contributed by atoms with Crippen LogP contribution in [0.1, 0.15) is 25.0 Å². The Hall–Kier alpha value is -1.23. The van der Waals surface area contributed by atoms with E-state index in [1.807, 2.05) is 18.7 Å². The standard InChI is InChI=1S/C12H17F3N2/c1-8(2)17(3)7-9-4-5-10(16)6-11(9)12(13,14)15/h4-6,8H,7,16H2,1-3H3. The van der Waals surface area contributed by atoms with Gasteiger partial charge >= 0.3 is 6.18 Å². The zero-order valence-corrected chi connectivity index (χ0v) is 10.2. The highest BCUT2D eigenvalue weighted by Crippen LogP contribution is 2.33. The zero-order valence-electron chi connectivity index (χ0n) is 10.2. The average Bonchev–Trinajstić information content (AvgIpc) is 2.18. The van der Waals surface area contributed by atoms with E-state index in [-0.39, 0.29) is 23.8 Å². The van der Waals surface area contributed by atoms with Gasteiger partial charge in [-0.15, -0.1) is 0 Å². The fraction of sp³-hybridized carbons (Fsp3) is 0.500. The van der Waals surface area contributed by atoms with E-state index in [2.05, 4.69) is 0 Å². The maximum Gasteiger partial charge on any atom is 0.416 e. The van der Waals surface area contributed by atoms with E-state index in [9.17, 15) is 13.2 Å². The van der Waals surface area contributed by atoms with Crippen LogP contribution in [0.25, 0.3) is 0 Å². The summed E-state index contributed by atoms with van der Waals surface area (Å²) in [7, 11) is 1.79. The Kier molecular flexibility index (Phi) is 4.03. The summed E-state index contributed by atoms with van der Waals surface area (Å²) in [5.41, 5.74) is 5.14. The van der Waals surface area contributed by atoms with E-state index in [1.54, 1.807) is 7.05 Å². The second-order valence-corrected chi connectivity index (χ2v) is 4.42. The maximum absolute atomic E-state index is 12.8. The fourth-order valence-corrected chi connectivity index (χ4v) is 1.45. The number of halogens is 3. The van der Waals surface area contributed by atoms with Gasteiger partial charge in [0.2, 0.25) is 0 Å². The van der Waals surface area contributed by atoms with Gasteiger partial charge in [-0.2, -0.15) is 13.2 Å². The lowest BCUT2D eigenvalue weighted by Gasteiger charge is -2.23. The molecule has 0 fully saturated rings. The van der Waals surface area contributed by atoms with Gasteiger partial charge in [0.1, 0.15) is 0 Å². The van der Waals surface area contributed by atoms with E-state index < -0.39 is 11.7 Å². The number of nitrogens with two attached hydrogens (primary N) is 1. The summed E-state index contributed by atoms with van der Waals surface area (Å²) in [6.45, 7) is 4.13. The topological polar surface area (TPSA) is 29.3 Å². The minimum Gasteiger partial charge on any atom is -0.399 e. The van der Waals surface area contributed by atoms with Crippen LogP contribution in [0.2, 0.25) is 0 Å². The molecule has 1 aromatic carbocycles. The molecule has 0 spiro atoms. The van der Waals surface area contributed by atoms with Crippen molar-refractivity contribution in [3.05, 3.63) is 29.3 Å². The third-order valence-electron chi connectivity index (χ3n) is 2.74. The fourth-order valence-electron chi connectivity index (χ4n) is 1.45. The zero-order chi connectivity index (χ0) is 13.2. The largest absolute Gasteiger partial charge is 0.416 e. The van der Waals surface area contributed by atoms with Crippen molar-refractivity contribution in [2.45, 2.75) is 32.6 Å². The normalized spacial score (nSPS) is 12.5. The molecule has 96 valence electrons. The van der Waals surface area contributed by atoms with E-state index in [0.717, 1.165) is 6.07 Å². The quantitative estimate of drug-likeness (QED) is 0.830. The monoisotopic (exact) mass is 246 g/mol. The Morgan fingerprint density at radius 1 is 1.29 bits per heavy atom. The molecule has 0 aliphatic rings. The molecule has 0 bridgehead atoms. The smallest absolute Gasteiger partial charge is 0.399 e. The van der Waals surface area contributed by atoms with Crippen LogP contribution >= 0.6 is 0 Å². The summed E-state index contributed by atoms with van der Waals surface area (Å²) in [4.78, 5) is 1.85. The van der Waals surface area contributed by atoms with E-state index >= 15 is 0 Å². The van der Waals surface area contributed by atoms with Crippen LogP contribution in [0, 0.1) is 0 Å². The van der Waals surface area contributed by atoms with E-state index in [4.69, 9.17) is 5.73 Å². The molecule has 0 heterocycles. The molecule has 0 saturated carbocycles. The first-order valence-corrected chi connectivity index (χ1v) is 5.37. The Morgan fingerprint density at radius 3 is 2.35 bits per heavy atom. The number of benzene rings is 1. The van der Waals surface area contributed by atoms with Gasteiger partial charge < -0.3 is 5.73 Å².